The summed E-state index contributed by atoms with van der Waals surface area (Å²) in [7, 11) is 0. The number of benzene rings is 1. The zero-order valence-corrected chi connectivity index (χ0v) is 8.97. The Morgan fingerprint density at radius 2 is 2.13 bits per heavy atom. The van der Waals surface area contributed by atoms with Crippen molar-refractivity contribution < 1.29 is 15.0 Å². The monoisotopic (exact) mass is 208 g/mol. The number of phenolic OH excluding ortho intramolecular Hbond substituents is 1. The Hall–Kier alpha value is -1.51. The van der Waals surface area contributed by atoms with Crippen LogP contribution < -0.4 is 0 Å². The Kier molecular flexibility index (Phi) is 3.72. The van der Waals surface area contributed by atoms with Crippen molar-refractivity contribution in [3.05, 3.63) is 29.8 Å². The standard InChI is InChI=1S/C12H16O3/c1-3-11(8(2)12(14)15)9-5-4-6-10(13)7-9/h4-8,11,13H,3H2,1-2H3,(H,14,15)/t8-,11-/m0/s1. The minimum atomic E-state index is -0.801. The van der Waals surface area contributed by atoms with Gasteiger partial charge in [0.05, 0.1) is 5.92 Å². The average Bonchev–Trinajstić information content (AvgIpc) is 2.18. The molecule has 0 aliphatic heterocycles. The number of carboxylic acids is 1. The van der Waals surface area contributed by atoms with E-state index < -0.39 is 11.9 Å². The fourth-order valence-corrected chi connectivity index (χ4v) is 1.81. The summed E-state index contributed by atoms with van der Waals surface area (Å²) in [6.45, 7) is 3.65. The molecule has 0 unspecified atom stereocenters. The van der Waals surface area contributed by atoms with Gasteiger partial charge in [0, 0.05) is 0 Å². The first-order valence-corrected chi connectivity index (χ1v) is 5.08. The van der Waals surface area contributed by atoms with Gasteiger partial charge < -0.3 is 10.2 Å². The minimum Gasteiger partial charge on any atom is -0.508 e. The predicted octanol–water partition coefficient (Wildman–Crippen LogP) is 2.61. The number of phenols is 1. The van der Waals surface area contributed by atoms with E-state index in [1.54, 1.807) is 25.1 Å². The number of carbonyl (C=O) groups is 1. The minimum absolute atomic E-state index is 0.0467. The lowest BCUT2D eigenvalue weighted by molar-refractivity contribution is -0.141. The Labute approximate surface area is 89.4 Å². The summed E-state index contributed by atoms with van der Waals surface area (Å²) in [5.74, 6) is -1.10. The molecule has 0 aliphatic rings. The Morgan fingerprint density at radius 1 is 1.47 bits per heavy atom. The topological polar surface area (TPSA) is 57.5 Å². The van der Waals surface area contributed by atoms with Crippen molar-refractivity contribution in [2.24, 2.45) is 5.92 Å². The molecule has 3 heteroatoms. The summed E-state index contributed by atoms with van der Waals surface area (Å²) in [6, 6.07) is 6.81. The van der Waals surface area contributed by atoms with Gasteiger partial charge in [0.2, 0.25) is 0 Å². The van der Waals surface area contributed by atoms with Crippen LogP contribution in [-0.4, -0.2) is 16.2 Å². The van der Waals surface area contributed by atoms with Gasteiger partial charge in [0.25, 0.3) is 0 Å². The summed E-state index contributed by atoms with van der Waals surface area (Å²) >= 11 is 0. The van der Waals surface area contributed by atoms with E-state index in [-0.39, 0.29) is 11.7 Å². The maximum absolute atomic E-state index is 10.9. The first-order valence-electron chi connectivity index (χ1n) is 5.08. The third-order valence-electron chi connectivity index (χ3n) is 2.73. The Morgan fingerprint density at radius 3 is 2.60 bits per heavy atom. The van der Waals surface area contributed by atoms with Crippen molar-refractivity contribution in [1.82, 2.24) is 0 Å². The molecular weight excluding hydrogens is 192 g/mol. The van der Waals surface area contributed by atoms with Crippen molar-refractivity contribution >= 4 is 5.97 Å². The van der Waals surface area contributed by atoms with E-state index in [0.717, 1.165) is 12.0 Å². The van der Waals surface area contributed by atoms with Gasteiger partial charge in [0.15, 0.2) is 0 Å². The highest BCUT2D eigenvalue weighted by atomic mass is 16.4. The molecular formula is C12H16O3. The summed E-state index contributed by atoms with van der Waals surface area (Å²) in [5, 5.41) is 18.3. The summed E-state index contributed by atoms with van der Waals surface area (Å²) in [4.78, 5) is 10.9. The van der Waals surface area contributed by atoms with E-state index in [4.69, 9.17) is 5.11 Å². The number of carboxylic acid groups (broad SMARTS) is 1. The third kappa shape index (κ3) is 2.72. The van der Waals surface area contributed by atoms with Gasteiger partial charge in [-0.3, -0.25) is 4.79 Å². The van der Waals surface area contributed by atoms with Crippen LogP contribution in [0.1, 0.15) is 31.7 Å². The summed E-state index contributed by atoms with van der Waals surface area (Å²) in [6.07, 6.45) is 0.747. The van der Waals surface area contributed by atoms with Crippen LogP contribution in [0, 0.1) is 5.92 Å². The molecule has 82 valence electrons. The average molecular weight is 208 g/mol. The Balaban J connectivity index is 2.97. The summed E-state index contributed by atoms with van der Waals surface area (Å²) in [5.41, 5.74) is 0.882. The van der Waals surface area contributed by atoms with Crippen LogP contribution in [0.15, 0.2) is 24.3 Å². The van der Waals surface area contributed by atoms with Gasteiger partial charge in [-0.15, -0.1) is 0 Å². The molecule has 15 heavy (non-hydrogen) atoms. The van der Waals surface area contributed by atoms with Gasteiger partial charge in [-0.25, -0.2) is 0 Å². The normalized spacial score (nSPS) is 14.5. The van der Waals surface area contributed by atoms with Gasteiger partial charge in [-0.2, -0.15) is 0 Å². The lowest BCUT2D eigenvalue weighted by Gasteiger charge is -2.19. The first-order chi connectivity index (χ1) is 7.06. The van der Waals surface area contributed by atoms with Gasteiger partial charge in [-0.1, -0.05) is 26.0 Å². The second kappa shape index (κ2) is 4.82. The number of hydrogen-bond donors (Lipinski definition) is 2. The largest absolute Gasteiger partial charge is 0.508 e. The second-order valence-corrected chi connectivity index (χ2v) is 3.74. The molecule has 0 saturated heterocycles. The quantitative estimate of drug-likeness (QED) is 0.799. The molecule has 0 amide bonds. The number of aliphatic carboxylic acids is 1. The van der Waals surface area contributed by atoms with Gasteiger partial charge >= 0.3 is 5.97 Å². The second-order valence-electron chi connectivity index (χ2n) is 3.74. The number of aromatic hydroxyl groups is 1. The molecule has 1 rings (SSSR count). The molecule has 1 aromatic rings. The van der Waals surface area contributed by atoms with E-state index in [1.165, 1.54) is 0 Å². The van der Waals surface area contributed by atoms with E-state index in [0.29, 0.717) is 0 Å². The van der Waals surface area contributed by atoms with Crippen molar-refractivity contribution in [3.63, 3.8) is 0 Å². The van der Waals surface area contributed by atoms with Crippen LogP contribution in [-0.2, 0) is 4.79 Å². The maximum atomic E-state index is 10.9. The fraction of sp³-hybridized carbons (Fsp3) is 0.417. The van der Waals surface area contributed by atoms with Crippen molar-refractivity contribution in [2.75, 3.05) is 0 Å². The molecule has 0 bridgehead atoms. The first kappa shape index (κ1) is 11.6. The van der Waals surface area contributed by atoms with Crippen molar-refractivity contribution in [2.45, 2.75) is 26.2 Å². The molecule has 2 N–H and O–H groups in total. The molecule has 1 aromatic carbocycles. The molecule has 0 radical (unpaired) electrons. The van der Waals surface area contributed by atoms with Crippen LogP contribution >= 0.6 is 0 Å². The van der Waals surface area contributed by atoms with Crippen LogP contribution in [0.5, 0.6) is 5.75 Å². The van der Waals surface area contributed by atoms with Crippen molar-refractivity contribution in [3.8, 4) is 5.75 Å². The zero-order valence-electron chi connectivity index (χ0n) is 8.97. The highest BCUT2D eigenvalue weighted by molar-refractivity contribution is 5.71. The smallest absolute Gasteiger partial charge is 0.306 e. The zero-order chi connectivity index (χ0) is 11.4. The van der Waals surface area contributed by atoms with Crippen LogP contribution in [0.3, 0.4) is 0 Å². The fourth-order valence-electron chi connectivity index (χ4n) is 1.81. The van der Waals surface area contributed by atoms with Crippen LogP contribution in [0.2, 0.25) is 0 Å². The van der Waals surface area contributed by atoms with E-state index in [2.05, 4.69) is 0 Å². The van der Waals surface area contributed by atoms with E-state index in [9.17, 15) is 9.90 Å². The summed E-state index contributed by atoms with van der Waals surface area (Å²) < 4.78 is 0. The van der Waals surface area contributed by atoms with E-state index in [1.807, 2.05) is 13.0 Å². The molecule has 0 saturated carbocycles. The van der Waals surface area contributed by atoms with Crippen LogP contribution in [0.25, 0.3) is 0 Å². The van der Waals surface area contributed by atoms with Crippen LogP contribution in [0.4, 0.5) is 0 Å². The predicted molar refractivity (Wildman–Crippen MR) is 57.9 cm³/mol. The molecule has 0 fully saturated rings. The number of rotatable bonds is 4. The van der Waals surface area contributed by atoms with Crippen molar-refractivity contribution in [1.29, 1.82) is 0 Å². The lowest BCUT2D eigenvalue weighted by atomic mass is 9.85. The maximum Gasteiger partial charge on any atom is 0.306 e. The lowest BCUT2D eigenvalue weighted by Crippen LogP contribution is -2.18. The molecule has 0 aromatic heterocycles. The van der Waals surface area contributed by atoms with Gasteiger partial charge in [0.1, 0.15) is 5.75 Å². The van der Waals surface area contributed by atoms with Gasteiger partial charge in [-0.05, 0) is 30.0 Å². The molecule has 0 aliphatic carbocycles. The third-order valence-corrected chi connectivity index (χ3v) is 2.73. The van der Waals surface area contributed by atoms with E-state index >= 15 is 0 Å². The number of hydrogen-bond acceptors (Lipinski definition) is 2. The molecule has 0 heterocycles. The highest BCUT2D eigenvalue weighted by Crippen LogP contribution is 2.29. The molecule has 0 spiro atoms. The highest BCUT2D eigenvalue weighted by Gasteiger charge is 2.23. The Bertz CT molecular complexity index is 346. The molecule has 2 atom stereocenters. The molecule has 3 nitrogen and oxygen atoms in total. The SMILES string of the molecule is CC[C@H](c1cccc(O)c1)[C@H](C)C(=O)O.